The standard InChI is InChI=1S/C24H28F2N4O4/c1-3-14-4-5-19(18(25)8-14)29-21-20(26)22(28-13-27-21)33-17-9-15-11-32-12-16(10-17)30(15)23(31)34-24(2)6-7-24/h4-5,8,13,15-17H,3,6-7,9-12H2,1-2H3,(H,27,28,29). The summed E-state index contributed by atoms with van der Waals surface area (Å²) in [6.45, 7) is 4.60. The maximum atomic E-state index is 15.1. The first-order valence-corrected chi connectivity index (χ1v) is 11.7. The first-order chi connectivity index (χ1) is 16.3. The molecule has 2 bridgehead atoms. The summed E-state index contributed by atoms with van der Waals surface area (Å²) in [5.41, 5.74) is 0.596. The quantitative estimate of drug-likeness (QED) is 0.666. The van der Waals surface area contributed by atoms with E-state index in [-0.39, 0.29) is 47.3 Å². The molecule has 2 atom stereocenters. The van der Waals surface area contributed by atoms with Crippen LogP contribution >= 0.6 is 0 Å². The van der Waals surface area contributed by atoms with Crippen LogP contribution < -0.4 is 10.1 Å². The van der Waals surface area contributed by atoms with Gasteiger partial charge >= 0.3 is 6.09 Å². The molecule has 3 fully saturated rings. The number of fused-ring (bicyclic) bond motifs is 2. The molecule has 2 saturated heterocycles. The largest absolute Gasteiger partial charge is 0.472 e. The molecule has 3 heterocycles. The Morgan fingerprint density at radius 1 is 1.24 bits per heavy atom. The molecule has 182 valence electrons. The second kappa shape index (κ2) is 8.98. The van der Waals surface area contributed by atoms with Gasteiger partial charge in [-0.05, 0) is 43.9 Å². The van der Waals surface area contributed by atoms with Crippen molar-refractivity contribution in [2.24, 2.45) is 0 Å². The maximum Gasteiger partial charge on any atom is 0.410 e. The lowest BCUT2D eigenvalue weighted by Crippen LogP contribution is -2.61. The number of carbonyl (C=O) groups excluding carboxylic acids is 1. The predicted octanol–water partition coefficient (Wildman–Crippen LogP) is 4.36. The van der Waals surface area contributed by atoms with E-state index in [0.29, 0.717) is 32.5 Å². The molecule has 3 aliphatic rings. The third-order valence-corrected chi connectivity index (χ3v) is 6.71. The Hall–Kier alpha value is -3.01. The number of hydrogen-bond acceptors (Lipinski definition) is 7. The van der Waals surface area contributed by atoms with E-state index in [1.54, 1.807) is 17.0 Å². The number of aromatic nitrogens is 2. The minimum atomic E-state index is -0.800. The Labute approximate surface area is 196 Å². The summed E-state index contributed by atoms with van der Waals surface area (Å²) in [5, 5.41) is 2.69. The van der Waals surface area contributed by atoms with Crippen molar-refractivity contribution in [3.8, 4) is 5.88 Å². The van der Waals surface area contributed by atoms with Crippen molar-refractivity contribution >= 4 is 17.6 Å². The molecule has 34 heavy (non-hydrogen) atoms. The Balaban J connectivity index is 1.27. The second-order valence-corrected chi connectivity index (χ2v) is 9.42. The third kappa shape index (κ3) is 4.64. The van der Waals surface area contributed by atoms with Crippen LogP contribution in [0.1, 0.15) is 45.1 Å². The highest BCUT2D eigenvalue weighted by atomic mass is 19.1. The van der Waals surface area contributed by atoms with Gasteiger partial charge in [-0.15, -0.1) is 0 Å². The molecule has 5 rings (SSSR count). The van der Waals surface area contributed by atoms with Gasteiger partial charge < -0.3 is 19.5 Å². The molecule has 1 amide bonds. The van der Waals surface area contributed by atoms with Crippen LogP contribution in [-0.4, -0.2) is 58.0 Å². The molecule has 2 aliphatic heterocycles. The maximum absolute atomic E-state index is 15.1. The van der Waals surface area contributed by atoms with E-state index < -0.39 is 11.6 Å². The van der Waals surface area contributed by atoms with Gasteiger partial charge in [0.15, 0.2) is 5.82 Å². The highest BCUT2D eigenvalue weighted by Gasteiger charge is 2.48. The van der Waals surface area contributed by atoms with Crippen molar-refractivity contribution in [2.75, 3.05) is 18.5 Å². The summed E-state index contributed by atoms with van der Waals surface area (Å²) in [4.78, 5) is 22.4. The van der Waals surface area contributed by atoms with Gasteiger partial charge in [-0.3, -0.25) is 4.90 Å². The number of nitrogens with one attached hydrogen (secondary N) is 1. The molecule has 0 radical (unpaired) electrons. The number of ether oxygens (including phenoxy) is 3. The predicted molar refractivity (Wildman–Crippen MR) is 119 cm³/mol. The summed E-state index contributed by atoms with van der Waals surface area (Å²) < 4.78 is 46.7. The fourth-order valence-electron chi connectivity index (χ4n) is 4.49. The number of morpholine rings is 1. The number of nitrogens with zero attached hydrogens (tertiary/aromatic N) is 3. The molecule has 0 spiro atoms. The van der Waals surface area contributed by atoms with Gasteiger partial charge in [-0.1, -0.05) is 13.0 Å². The summed E-state index contributed by atoms with van der Waals surface area (Å²) in [5.74, 6) is -1.68. The van der Waals surface area contributed by atoms with Crippen LogP contribution in [0.15, 0.2) is 24.5 Å². The first kappa shape index (κ1) is 22.8. The number of rotatable bonds is 6. The van der Waals surface area contributed by atoms with E-state index in [4.69, 9.17) is 14.2 Å². The van der Waals surface area contributed by atoms with Gasteiger partial charge in [0.1, 0.15) is 23.8 Å². The first-order valence-electron chi connectivity index (χ1n) is 11.7. The molecule has 2 unspecified atom stereocenters. The van der Waals surface area contributed by atoms with Crippen molar-refractivity contribution in [2.45, 2.75) is 69.7 Å². The molecule has 8 nitrogen and oxygen atoms in total. The van der Waals surface area contributed by atoms with Crippen LogP contribution in [0.3, 0.4) is 0 Å². The van der Waals surface area contributed by atoms with Crippen LogP contribution in [0, 0.1) is 11.6 Å². The van der Waals surface area contributed by atoms with Crippen molar-refractivity contribution in [1.29, 1.82) is 0 Å². The Morgan fingerprint density at radius 3 is 2.62 bits per heavy atom. The lowest BCUT2D eigenvalue weighted by Gasteiger charge is -2.47. The average Bonchev–Trinajstić information content (AvgIpc) is 3.53. The molecule has 2 aromatic rings. The van der Waals surface area contributed by atoms with Crippen molar-refractivity contribution in [3.05, 3.63) is 41.7 Å². The van der Waals surface area contributed by atoms with Gasteiger partial charge in [0, 0.05) is 12.8 Å². The van der Waals surface area contributed by atoms with Crippen LogP contribution in [0.5, 0.6) is 5.88 Å². The molecule has 1 N–H and O–H groups in total. The lowest BCUT2D eigenvalue weighted by molar-refractivity contribution is -0.0959. The van der Waals surface area contributed by atoms with Gasteiger partial charge in [0.25, 0.3) is 5.88 Å². The summed E-state index contributed by atoms with van der Waals surface area (Å²) >= 11 is 0. The normalized spacial score (nSPS) is 24.9. The number of aryl methyl sites for hydroxylation is 1. The molecule has 1 aromatic heterocycles. The second-order valence-electron chi connectivity index (χ2n) is 9.42. The Kier molecular flexibility index (Phi) is 6.01. The Bertz CT molecular complexity index is 1070. The van der Waals surface area contributed by atoms with E-state index >= 15 is 4.39 Å². The zero-order valence-electron chi connectivity index (χ0n) is 19.2. The van der Waals surface area contributed by atoms with E-state index in [2.05, 4.69) is 15.3 Å². The number of benzene rings is 1. The van der Waals surface area contributed by atoms with Crippen molar-refractivity contribution < 1.29 is 27.8 Å². The molecule has 1 aromatic carbocycles. The highest BCUT2D eigenvalue weighted by Crippen LogP contribution is 2.40. The highest BCUT2D eigenvalue weighted by molar-refractivity contribution is 5.70. The zero-order chi connectivity index (χ0) is 23.9. The monoisotopic (exact) mass is 474 g/mol. The molecular weight excluding hydrogens is 446 g/mol. The van der Waals surface area contributed by atoms with E-state index in [9.17, 15) is 9.18 Å². The zero-order valence-corrected chi connectivity index (χ0v) is 19.2. The van der Waals surface area contributed by atoms with Crippen LogP contribution in [0.25, 0.3) is 0 Å². The number of carbonyl (C=O) groups is 1. The summed E-state index contributed by atoms with van der Waals surface area (Å²) in [7, 11) is 0. The minimum absolute atomic E-state index is 0.114. The van der Waals surface area contributed by atoms with E-state index in [1.807, 2.05) is 13.8 Å². The number of piperidine rings is 1. The number of amides is 1. The fourth-order valence-corrected chi connectivity index (χ4v) is 4.49. The average molecular weight is 475 g/mol. The van der Waals surface area contributed by atoms with E-state index in [0.717, 1.165) is 18.4 Å². The smallest absolute Gasteiger partial charge is 0.410 e. The SMILES string of the molecule is CCc1ccc(Nc2ncnc(OC3CC4COCC(C3)N4C(=O)OC3(C)CC3)c2F)c(F)c1. The van der Waals surface area contributed by atoms with Crippen LogP contribution in [0.4, 0.5) is 25.1 Å². The Morgan fingerprint density at radius 2 is 1.97 bits per heavy atom. The van der Waals surface area contributed by atoms with Gasteiger partial charge in [0.05, 0.1) is 31.0 Å². The fraction of sp³-hybridized carbons (Fsp3) is 0.542. The van der Waals surface area contributed by atoms with Gasteiger partial charge in [-0.2, -0.15) is 9.37 Å². The number of halogens is 2. The van der Waals surface area contributed by atoms with Crippen LogP contribution in [-0.2, 0) is 15.9 Å². The summed E-state index contributed by atoms with van der Waals surface area (Å²) in [6, 6.07) is 4.28. The minimum Gasteiger partial charge on any atom is -0.472 e. The third-order valence-electron chi connectivity index (χ3n) is 6.71. The molecule has 1 aliphatic carbocycles. The van der Waals surface area contributed by atoms with E-state index in [1.165, 1.54) is 12.4 Å². The molecular formula is C24H28F2N4O4. The lowest BCUT2D eigenvalue weighted by atomic mass is 9.92. The molecule has 10 heteroatoms. The van der Waals surface area contributed by atoms with Gasteiger partial charge in [-0.25, -0.2) is 14.2 Å². The summed E-state index contributed by atoms with van der Waals surface area (Å²) in [6.07, 6.45) is 3.85. The van der Waals surface area contributed by atoms with Crippen molar-refractivity contribution in [1.82, 2.24) is 14.9 Å². The number of hydrogen-bond donors (Lipinski definition) is 1. The van der Waals surface area contributed by atoms with Gasteiger partial charge in [0.2, 0.25) is 5.82 Å². The number of anilines is 2. The van der Waals surface area contributed by atoms with Crippen LogP contribution in [0.2, 0.25) is 0 Å². The molecule has 1 saturated carbocycles. The topological polar surface area (TPSA) is 85.8 Å². The van der Waals surface area contributed by atoms with Crippen molar-refractivity contribution in [3.63, 3.8) is 0 Å².